The number of aryl methyl sites for hydroxylation is 1. The minimum absolute atomic E-state index is 0.0287. The van der Waals surface area contributed by atoms with Gasteiger partial charge in [-0.15, -0.1) is 11.3 Å². The largest absolute Gasteiger partial charge is 0.462 e. The molecule has 0 amide bonds. The maximum atomic E-state index is 15.3. The number of esters is 1. The van der Waals surface area contributed by atoms with Crippen LogP contribution < -0.4 is 10.9 Å². The van der Waals surface area contributed by atoms with Gasteiger partial charge in [0.15, 0.2) is 0 Å². The van der Waals surface area contributed by atoms with Crippen molar-refractivity contribution in [3.63, 3.8) is 0 Å². The number of fused-ring (bicyclic) bond motifs is 2. The number of aromatic nitrogens is 1. The zero-order chi connectivity index (χ0) is 20.3. The monoisotopic (exact) mass is 412 g/mol. The molecule has 0 radical (unpaired) electrons. The molecule has 0 unspecified atom stereocenters. The van der Waals surface area contributed by atoms with Gasteiger partial charge >= 0.3 is 5.97 Å². The average Bonchev–Trinajstić information content (AvgIpc) is 3.31. The van der Waals surface area contributed by atoms with Gasteiger partial charge in [-0.25, -0.2) is 9.18 Å². The molecule has 5 nitrogen and oxygen atoms in total. The van der Waals surface area contributed by atoms with Crippen LogP contribution in [0.3, 0.4) is 0 Å². The Morgan fingerprint density at radius 2 is 2.14 bits per heavy atom. The Bertz CT molecular complexity index is 1200. The topological polar surface area (TPSA) is 59.8 Å². The molecule has 0 saturated heterocycles. The van der Waals surface area contributed by atoms with Crippen molar-refractivity contribution >= 4 is 22.8 Å². The molecule has 0 aromatic carbocycles. The highest BCUT2D eigenvalue weighted by molar-refractivity contribution is 7.15. The molecule has 7 heteroatoms. The number of carbonyl (C=O) groups is 1. The molecule has 1 fully saturated rings. The van der Waals surface area contributed by atoms with E-state index >= 15 is 4.39 Å². The molecule has 3 aromatic rings. The normalized spacial score (nSPS) is 15.7. The van der Waals surface area contributed by atoms with Gasteiger partial charge in [-0.05, 0) is 61.4 Å². The van der Waals surface area contributed by atoms with Crippen molar-refractivity contribution in [3.8, 4) is 10.4 Å². The number of nitrogens with zero attached hydrogens (tertiary/aromatic N) is 1. The van der Waals surface area contributed by atoms with Crippen molar-refractivity contribution in [2.24, 2.45) is 0 Å². The first kappa shape index (κ1) is 18.5. The van der Waals surface area contributed by atoms with Gasteiger partial charge in [-0.1, -0.05) is 0 Å². The fraction of sp³-hybridized carbons (Fsp3) is 0.364. The molecule has 1 saturated carbocycles. The van der Waals surface area contributed by atoms with Crippen LogP contribution in [0.4, 0.5) is 4.39 Å². The Labute approximate surface area is 171 Å². The number of rotatable bonds is 4. The van der Waals surface area contributed by atoms with Gasteiger partial charge in [0.05, 0.1) is 12.1 Å². The second kappa shape index (κ2) is 6.78. The minimum atomic E-state index is -0.655. The average molecular weight is 412 g/mol. The first-order chi connectivity index (χ1) is 14.0. The summed E-state index contributed by atoms with van der Waals surface area (Å²) in [5.41, 5.74) is 3.59. The van der Waals surface area contributed by atoms with Crippen LogP contribution in [-0.2, 0) is 17.8 Å². The first-order valence-electron chi connectivity index (χ1n) is 9.87. The van der Waals surface area contributed by atoms with Crippen LogP contribution in [0.1, 0.15) is 57.6 Å². The molecule has 1 aliphatic carbocycles. The lowest BCUT2D eigenvalue weighted by molar-refractivity contribution is 0.0524. The SMILES string of the molecule is CCOC(=O)c1cc(C2CC2)c2c(C)c(-c3cc4c(s3)CNC4)c(F)cn2c1=O. The van der Waals surface area contributed by atoms with Gasteiger partial charge < -0.3 is 10.1 Å². The van der Waals surface area contributed by atoms with E-state index < -0.39 is 17.3 Å². The number of hydrogen-bond donors (Lipinski definition) is 1. The van der Waals surface area contributed by atoms with Crippen LogP contribution in [-0.4, -0.2) is 17.0 Å². The number of pyridine rings is 2. The lowest BCUT2D eigenvalue weighted by Crippen LogP contribution is -2.25. The zero-order valence-electron chi connectivity index (χ0n) is 16.3. The molecular formula is C22H21FN2O3S. The van der Waals surface area contributed by atoms with Crippen LogP contribution in [0, 0.1) is 12.7 Å². The molecule has 2 aliphatic rings. The maximum Gasteiger partial charge on any atom is 0.343 e. The summed E-state index contributed by atoms with van der Waals surface area (Å²) >= 11 is 1.60. The summed E-state index contributed by atoms with van der Waals surface area (Å²) in [5.74, 6) is -0.820. The summed E-state index contributed by atoms with van der Waals surface area (Å²) in [5, 5.41) is 3.30. The van der Waals surface area contributed by atoms with Gasteiger partial charge in [-0.3, -0.25) is 9.20 Å². The summed E-state index contributed by atoms with van der Waals surface area (Å²) in [7, 11) is 0. The van der Waals surface area contributed by atoms with Crippen LogP contribution in [0.2, 0.25) is 0 Å². The Balaban J connectivity index is 1.78. The van der Waals surface area contributed by atoms with E-state index in [9.17, 15) is 9.59 Å². The predicted molar refractivity (Wildman–Crippen MR) is 110 cm³/mol. The molecule has 1 N–H and O–H groups in total. The van der Waals surface area contributed by atoms with E-state index in [1.165, 1.54) is 21.0 Å². The fourth-order valence-corrected chi connectivity index (χ4v) is 5.47. The van der Waals surface area contributed by atoms with Gasteiger partial charge in [-0.2, -0.15) is 0 Å². The fourth-order valence-electron chi connectivity index (χ4n) is 4.21. The van der Waals surface area contributed by atoms with Crippen molar-refractivity contribution in [2.45, 2.75) is 45.7 Å². The third-order valence-electron chi connectivity index (χ3n) is 5.73. The number of hydrogen-bond acceptors (Lipinski definition) is 5. The van der Waals surface area contributed by atoms with E-state index in [1.54, 1.807) is 24.3 Å². The van der Waals surface area contributed by atoms with Crippen molar-refractivity contribution in [1.82, 2.24) is 9.72 Å². The third kappa shape index (κ3) is 2.91. The van der Waals surface area contributed by atoms with E-state index in [0.29, 0.717) is 11.1 Å². The zero-order valence-corrected chi connectivity index (χ0v) is 17.1. The minimum Gasteiger partial charge on any atom is -0.462 e. The molecule has 0 atom stereocenters. The predicted octanol–water partition coefficient (Wildman–Crippen LogP) is 4.13. The Kier molecular flexibility index (Phi) is 4.33. The van der Waals surface area contributed by atoms with E-state index in [2.05, 4.69) is 5.32 Å². The number of carbonyl (C=O) groups excluding carboxylic acids is 1. The van der Waals surface area contributed by atoms with E-state index in [4.69, 9.17) is 4.74 Å². The third-order valence-corrected chi connectivity index (χ3v) is 6.93. The summed E-state index contributed by atoms with van der Waals surface area (Å²) in [6.07, 6.45) is 3.24. The van der Waals surface area contributed by atoms with Gasteiger partial charge in [0.2, 0.25) is 0 Å². The molecule has 0 bridgehead atoms. The highest BCUT2D eigenvalue weighted by Crippen LogP contribution is 2.45. The van der Waals surface area contributed by atoms with Crippen LogP contribution in [0.25, 0.3) is 16.0 Å². The molecular weight excluding hydrogens is 391 g/mol. The van der Waals surface area contributed by atoms with E-state index in [1.807, 2.05) is 13.0 Å². The lowest BCUT2D eigenvalue weighted by Gasteiger charge is -2.16. The summed E-state index contributed by atoms with van der Waals surface area (Å²) in [6.45, 7) is 5.36. The standard InChI is InChI=1S/C22H21FN2O3S/c1-3-28-22(27)15-7-14(12-4-5-12)20-11(2)19(16(23)10-25(20)21(15)26)17-6-13-8-24-9-18(13)29-17/h6-7,10,12,24H,3-5,8-9H2,1-2H3. The van der Waals surface area contributed by atoms with Crippen LogP contribution in [0.5, 0.6) is 0 Å². The van der Waals surface area contributed by atoms with Crippen molar-refractivity contribution < 1.29 is 13.9 Å². The van der Waals surface area contributed by atoms with Crippen LogP contribution in [0.15, 0.2) is 23.1 Å². The van der Waals surface area contributed by atoms with E-state index in [0.717, 1.165) is 41.9 Å². The molecule has 4 heterocycles. The highest BCUT2D eigenvalue weighted by atomic mass is 32.1. The van der Waals surface area contributed by atoms with Crippen molar-refractivity contribution in [2.75, 3.05) is 6.61 Å². The number of halogens is 1. The molecule has 1 aliphatic heterocycles. The Hall–Kier alpha value is -2.51. The number of ether oxygens (including phenoxy) is 1. The molecule has 3 aromatic heterocycles. The maximum absolute atomic E-state index is 15.3. The van der Waals surface area contributed by atoms with Gasteiger partial charge in [0.25, 0.3) is 5.56 Å². The Morgan fingerprint density at radius 1 is 1.34 bits per heavy atom. The second-order valence-corrected chi connectivity index (χ2v) is 8.81. The molecule has 29 heavy (non-hydrogen) atoms. The highest BCUT2D eigenvalue weighted by Gasteiger charge is 2.31. The molecule has 0 spiro atoms. The summed E-state index contributed by atoms with van der Waals surface area (Å²) in [6, 6.07) is 3.71. The van der Waals surface area contributed by atoms with Crippen molar-refractivity contribution in [3.05, 3.63) is 61.6 Å². The number of thiophene rings is 1. The molecule has 5 rings (SSSR count). The number of nitrogens with one attached hydrogen (secondary N) is 1. The quantitative estimate of drug-likeness (QED) is 0.655. The lowest BCUT2D eigenvalue weighted by atomic mass is 9.99. The van der Waals surface area contributed by atoms with E-state index in [-0.39, 0.29) is 18.1 Å². The summed E-state index contributed by atoms with van der Waals surface area (Å²) < 4.78 is 21.6. The van der Waals surface area contributed by atoms with Crippen molar-refractivity contribution in [1.29, 1.82) is 0 Å². The smallest absolute Gasteiger partial charge is 0.343 e. The summed E-state index contributed by atoms with van der Waals surface area (Å²) in [4.78, 5) is 27.4. The first-order valence-corrected chi connectivity index (χ1v) is 10.7. The van der Waals surface area contributed by atoms with Gasteiger partial charge in [0.1, 0.15) is 11.4 Å². The van der Waals surface area contributed by atoms with Crippen LogP contribution >= 0.6 is 11.3 Å². The van der Waals surface area contributed by atoms with Gasteiger partial charge in [0, 0.05) is 34.6 Å². The molecule has 150 valence electrons. The second-order valence-electron chi connectivity index (χ2n) is 7.67. The Morgan fingerprint density at radius 3 is 2.83 bits per heavy atom.